The molecule has 288 valence electrons. The Kier molecular flexibility index (Phi) is 12.4. The Morgan fingerprint density at radius 2 is 1.71 bits per heavy atom. The van der Waals surface area contributed by atoms with Gasteiger partial charge in [-0.3, -0.25) is 9.36 Å². The molecule has 3 unspecified atom stereocenters. The number of fused-ring (bicyclic) bond motifs is 1. The lowest BCUT2D eigenvalue weighted by Crippen LogP contribution is -2.57. The van der Waals surface area contributed by atoms with E-state index in [0.717, 1.165) is 18.5 Å². The van der Waals surface area contributed by atoms with E-state index in [1.54, 1.807) is 13.8 Å². The molecule has 8 atom stereocenters. The third kappa shape index (κ3) is 7.95. The summed E-state index contributed by atoms with van der Waals surface area (Å²) in [7, 11) is -5.69. The lowest BCUT2D eigenvalue weighted by molar-refractivity contribution is -0.171. The molecule has 3 saturated heterocycles. The fraction of sp³-hybridized carbons (Fsp3) is 0.658. The average molecular weight is 762 g/mol. The number of aliphatic hydroxyl groups excluding tert-OH is 1. The van der Waals surface area contributed by atoms with Crippen molar-refractivity contribution in [2.45, 2.75) is 70.3 Å². The molecular weight excluding hydrogens is 705 g/mol. The second-order valence-corrected chi connectivity index (χ2v) is 19.4. The van der Waals surface area contributed by atoms with Crippen LogP contribution in [0.1, 0.15) is 46.1 Å². The summed E-state index contributed by atoms with van der Waals surface area (Å²) in [4.78, 5) is 17.1. The molecule has 52 heavy (non-hydrogen) atoms. The van der Waals surface area contributed by atoms with E-state index < -0.39 is 35.2 Å². The van der Waals surface area contributed by atoms with Gasteiger partial charge < -0.3 is 33.8 Å². The van der Waals surface area contributed by atoms with Gasteiger partial charge in [-0.05, 0) is 100 Å². The predicted molar refractivity (Wildman–Crippen MR) is 197 cm³/mol. The van der Waals surface area contributed by atoms with Crippen molar-refractivity contribution < 1.29 is 41.4 Å². The van der Waals surface area contributed by atoms with Gasteiger partial charge in [-0.15, -0.1) is 0 Å². The maximum atomic E-state index is 14.9. The predicted octanol–water partition coefficient (Wildman–Crippen LogP) is 3.89. The summed E-state index contributed by atoms with van der Waals surface area (Å²) in [6.45, 7) is 10.1. The molecule has 1 saturated carbocycles. The van der Waals surface area contributed by atoms with Crippen molar-refractivity contribution in [3.05, 3.63) is 60.2 Å². The number of nitrogens with one attached hydrogen (secondary N) is 1. The van der Waals surface area contributed by atoms with Crippen LogP contribution >= 0.6 is 7.60 Å². The van der Waals surface area contributed by atoms with Gasteiger partial charge in [-0.25, -0.2) is 8.42 Å². The summed E-state index contributed by atoms with van der Waals surface area (Å²) >= 11 is 0. The number of amides is 1. The Morgan fingerprint density at radius 3 is 2.33 bits per heavy atom. The standard InChI is InChI=1S/C38H56N3O9PS/c1-6-49-51(44,50-7-2)29-13-15-30(16-14-29)52(45,46)41(21-26(3)4)22-34(42)33(19-27-11-9-8-10-12-27)39-37(43)38(17-18-40(5)25-38)35-28-20-31-32(35)24-48-36(31)47-23-28/h8-16,26,28,31-36,42H,6-7,17-25H2,1-5H3,(H,39,43)/t28?,31?,32-,33+,34-,35+,36+,38?/m1/s1. The Morgan fingerprint density at radius 1 is 1.04 bits per heavy atom. The first-order valence-corrected chi connectivity index (χ1v) is 21.7. The summed E-state index contributed by atoms with van der Waals surface area (Å²) in [5, 5.41) is 15.6. The van der Waals surface area contributed by atoms with Gasteiger partial charge in [0.15, 0.2) is 6.29 Å². The lowest BCUT2D eigenvalue weighted by Gasteiger charge is -2.41. The van der Waals surface area contributed by atoms with E-state index in [1.165, 1.54) is 28.6 Å². The molecule has 0 spiro atoms. The van der Waals surface area contributed by atoms with Crippen molar-refractivity contribution in [3.8, 4) is 0 Å². The van der Waals surface area contributed by atoms with Crippen molar-refractivity contribution in [1.82, 2.24) is 14.5 Å². The average Bonchev–Trinajstić information content (AvgIpc) is 3.79. The van der Waals surface area contributed by atoms with Crippen LogP contribution in [0.5, 0.6) is 0 Å². The number of hydrogen-bond donors (Lipinski definition) is 2. The van der Waals surface area contributed by atoms with E-state index in [9.17, 15) is 22.9 Å². The summed E-state index contributed by atoms with van der Waals surface area (Å²) in [6.07, 6.45) is 0.591. The third-order valence-corrected chi connectivity index (χ3v) is 15.4. The molecule has 2 aromatic carbocycles. The highest BCUT2D eigenvalue weighted by Gasteiger charge is 2.64. The second-order valence-electron chi connectivity index (χ2n) is 15.4. The van der Waals surface area contributed by atoms with Crippen molar-refractivity contribution in [2.75, 3.05) is 59.7 Å². The van der Waals surface area contributed by atoms with E-state index >= 15 is 0 Å². The Hall–Kier alpha value is -2.19. The molecule has 1 aliphatic carbocycles. The smallest absolute Gasteiger partial charge is 0.361 e. The molecule has 2 aromatic rings. The minimum absolute atomic E-state index is 0.00751. The maximum absolute atomic E-state index is 14.9. The van der Waals surface area contributed by atoms with Gasteiger partial charge in [0.1, 0.15) is 0 Å². The molecule has 2 N–H and O–H groups in total. The third-order valence-electron chi connectivity index (χ3n) is 11.4. The molecule has 12 nitrogen and oxygen atoms in total. The number of carbonyl (C=O) groups excluding carboxylic acids is 1. The zero-order valence-corrected chi connectivity index (χ0v) is 32.8. The molecule has 2 bridgehead atoms. The minimum atomic E-state index is -4.12. The van der Waals surface area contributed by atoms with Gasteiger partial charge in [0.05, 0.1) is 54.2 Å². The summed E-state index contributed by atoms with van der Waals surface area (Å²) in [5.74, 6) is 0.725. The van der Waals surface area contributed by atoms with Crippen molar-refractivity contribution in [1.29, 1.82) is 0 Å². The highest BCUT2D eigenvalue weighted by atomic mass is 32.2. The molecule has 14 heteroatoms. The lowest BCUT2D eigenvalue weighted by atomic mass is 9.65. The first-order chi connectivity index (χ1) is 24.8. The first-order valence-electron chi connectivity index (χ1n) is 18.8. The topological polar surface area (TPSA) is 144 Å². The fourth-order valence-corrected chi connectivity index (χ4v) is 12.4. The number of ether oxygens (including phenoxy) is 2. The Bertz CT molecular complexity index is 1670. The van der Waals surface area contributed by atoms with Crippen LogP contribution in [0.15, 0.2) is 59.5 Å². The van der Waals surface area contributed by atoms with Gasteiger partial charge in [0.2, 0.25) is 15.9 Å². The minimum Gasteiger partial charge on any atom is -0.390 e. The zero-order chi connectivity index (χ0) is 37.3. The summed E-state index contributed by atoms with van der Waals surface area (Å²) in [5.41, 5.74) is 0.233. The van der Waals surface area contributed by atoms with Gasteiger partial charge in [-0.2, -0.15) is 4.31 Å². The van der Waals surface area contributed by atoms with Crippen LogP contribution in [0.3, 0.4) is 0 Å². The van der Waals surface area contributed by atoms with Crippen LogP contribution < -0.4 is 10.6 Å². The van der Waals surface area contributed by atoms with Crippen LogP contribution in [-0.4, -0.2) is 107 Å². The van der Waals surface area contributed by atoms with Gasteiger partial charge in [0, 0.05) is 25.6 Å². The second kappa shape index (κ2) is 16.3. The van der Waals surface area contributed by atoms with Gasteiger partial charge >= 0.3 is 7.60 Å². The van der Waals surface area contributed by atoms with E-state index in [0.29, 0.717) is 38.5 Å². The fourth-order valence-electron chi connectivity index (χ4n) is 9.17. The van der Waals surface area contributed by atoms with Crippen LogP contribution in [0.4, 0.5) is 0 Å². The molecule has 3 aliphatic heterocycles. The number of nitrogens with zero attached hydrogens (tertiary/aromatic N) is 2. The number of benzene rings is 2. The van der Waals surface area contributed by atoms with Crippen LogP contribution in [0.2, 0.25) is 0 Å². The van der Waals surface area contributed by atoms with Gasteiger partial charge in [-0.1, -0.05) is 44.2 Å². The monoisotopic (exact) mass is 761 g/mol. The van der Waals surface area contributed by atoms with Crippen LogP contribution in [0, 0.1) is 35.0 Å². The molecule has 3 heterocycles. The number of hydrogen-bond acceptors (Lipinski definition) is 10. The normalized spacial score (nSPS) is 28.8. The van der Waals surface area contributed by atoms with Crippen LogP contribution in [-0.2, 0) is 44.3 Å². The SMILES string of the molecule is CCOP(=O)(OCC)c1ccc(S(=O)(=O)N(CC(C)C)C[C@@H](O)[C@H](Cc2ccccc2)NC(=O)C2([C@H]3C4CO[C@H]5OC[C@@H]3C5C4)CCN(C)C2)cc1. The largest absolute Gasteiger partial charge is 0.390 e. The van der Waals surface area contributed by atoms with E-state index in [2.05, 4.69) is 10.2 Å². The number of likely N-dealkylation sites (tertiary alicyclic amines) is 1. The number of sulfonamides is 1. The molecule has 6 rings (SSSR count). The number of carbonyl (C=O) groups is 1. The molecule has 0 aromatic heterocycles. The van der Waals surface area contributed by atoms with Crippen molar-refractivity contribution >= 4 is 28.8 Å². The van der Waals surface area contributed by atoms with Crippen molar-refractivity contribution in [2.24, 2.45) is 35.0 Å². The first kappa shape index (κ1) is 39.5. The summed E-state index contributed by atoms with van der Waals surface area (Å²) < 4.78 is 66.1. The van der Waals surface area contributed by atoms with E-state index in [4.69, 9.17) is 18.5 Å². The number of rotatable bonds is 17. The summed E-state index contributed by atoms with van der Waals surface area (Å²) in [6, 6.07) is 14.6. The Labute approximate surface area is 309 Å². The molecular formula is C38H56N3O9PS. The molecule has 4 fully saturated rings. The van der Waals surface area contributed by atoms with E-state index in [-0.39, 0.29) is 72.4 Å². The van der Waals surface area contributed by atoms with E-state index in [1.807, 2.05) is 51.2 Å². The zero-order valence-electron chi connectivity index (χ0n) is 31.1. The van der Waals surface area contributed by atoms with Gasteiger partial charge in [0.25, 0.3) is 0 Å². The molecule has 0 radical (unpaired) electrons. The highest BCUT2D eigenvalue weighted by Crippen LogP contribution is 2.59. The van der Waals surface area contributed by atoms with Crippen molar-refractivity contribution in [3.63, 3.8) is 0 Å². The highest BCUT2D eigenvalue weighted by molar-refractivity contribution is 7.89. The van der Waals surface area contributed by atoms with Crippen LogP contribution in [0.25, 0.3) is 0 Å². The number of aliphatic hydroxyl groups is 1. The molecule has 4 aliphatic rings. The Balaban J connectivity index is 1.27. The maximum Gasteiger partial charge on any atom is 0.361 e. The molecule has 1 amide bonds. The quantitative estimate of drug-likeness (QED) is 0.228.